The lowest BCUT2D eigenvalue weighted by molar-refractivity contribution is -0.395. The number of halogens is 6. The number of nitrogens with one attached hydrogen (secondary N) is 1. The number of nitro groups is 5. The van der Waals surface area contributed by atoms with Gasteiger partial charge in [-0.2, -0.15) is 0 Å². The number of non-ortho nitro benzene ring substituents is 3. The summed E-state index contributed by atoms with van der Waals surface area (Å²) in [6, 6.07) is 32.2. The van der Waals surface area contributed by atoms with Crippen molar-refractivity contribution < 1.29 is 80.0 Å². The van der Waals surface area contributed by atoms with Crippen LogP contribution >= 0.6 is 0 Å². The van der Waals surface area contributed by atoms with Gasteiger partial charge in [0.2, 0.25) is 0 Å². The molecule has 5 heterocycles. The number of rotatable bonds is 15. The zero-order valence-corrected chi connectivity index (χ0v) is 53.3. The summed E-state index contributed by atoms with van der Waals surface area (Å²) in [6.45, 7) is 8.25. The molecule has 26 nitrogen and oxygen atoms in total. The monoisotopic (exact) mass is 1390 g/mol. The third-order valence-corrected chi connectivity index (χ3v) is 17.5. The van der Waals surface area contributed by atoms with Crippen molar-refractivity contribution >= 4 is 140 Å². The number of aliphatic hydroxyl groups is 1. The fraction of sp³-hybridized carbons (Fsp3) is 0.203. The summed E-state index contributed by atoms with van der Waals surface area (Å²) in [4.78, 5) is 118. The molecule has 0 aromatic heterocycles. The Kier molecular flexibility index (Phi) is 18.9. The maximum absolute atomic E-state index is 13.7. The normalized spacial score (nSPS) is 13.2. The first-order valence-electron chi connectivity index (χ1n) is 30.9. The van der Waals surface area contributed by atoms with E-state index in [1.54, 1.807) is 17.0 Å². The zero-order chi connectivity index (χ0) is 73.1. The minimum absolute atomic E-state index is 0.0465. The minimum atomic E-state index is -2.12. The Bertz CT molecular complexity index is 5330. The molecule has 5 amide bonds. The smallest absolute Gasteiger partial charge is 0.300 e. The number of nitro benzene ring substituents is 5. The second-order valence-electron chi connectivity index (χ2n) is 23.8. The van der Waals surface area contributed by atoms with Crippen molar-refractivity contribution in [3.05, 3.63) is 229 Å². The second-order valence-corrected chi connectivity index (χ2v) is 23.8. The van der Waals surface area contributed by atoms with E-state index in [9.17, 15) is 101 Å². The van der Waals surface area contributed by atoms with E-state index in [-0.39, 0.29) is 63.3 Å². The van der Waals surface area contributed by atoms with Gasteiger partial charge in [-0.3, -0.25) is 74.5 Å². The van der Waals surface area contributed by atoms with E-state index in [1.807, 2.05) is 66.4 Å². The molecule has 2 N–H and O–H groups in total. The molecule has 5 aliphatic rings. The van der Waals surface area contributed by atoms with E-state index in [0.717, 1.165) is 95.1 Å². The van der Waals surface area contributed by atoms with Crippen molar-refractivity contribution in [2.45, 2.75) is 52.9 Å². The average molecular weight is 1390 g/mol. The first-order valence-corrected chi connectivity index (χ1v) is 30.9. The first kappa shape index (κ1) is 69.7. The second kappa shape index (κ2) is 27.4. The highest BCUT2D eigenvalue weighted by atomic mass is 19.2. The molecular formula is C69H52F6N10O16. The fourth-order valence-corrected chi connectivity index (χ4v) is 13.0. The predicted octanol–water partition coefficient (Wildman–Crippen LogP) is 15.2. The number of hydrogen-bond acceptors (Lipinski definition) is 16. The van der Waals surface area contributed by atoms with Crippen molar-refractivity contribution in [2.75, 3.05) is 58.2 Å². The van der Waals surface area contributed by atoms with Crippen molar-refractivity contribution in [2.24, 2.45) is 5.92 Å². The number of nitrogens with zero attached hydrogens (tertiary/aromatic N) is 9. The molecule has 32 heteroatoms. The van der Waals surface area contributed by atoms with Crippen LogP contribution in [0.1, 0.15) is 105 Å². The highest BCUT2D eigenvalue weighted by Gasteiger charge is 2.43. The van der Waals surface area contributed by atoms with E-state index in [0.29, 0.717) is 48.2 Å². The number of aliphatic hydroxyl groups excluding tert-OH is 1. The lowest BCUT2D eigenvalue weighted by Crippen LogP contribution is -2.28. The quantitative estimate of drug-likeness (QED) is 0.0417. The molecule has 0 spiro atoms. The molecule has 0 saturated carbocycles. The Morgan fingerprint density at radius 3 is 1.44 bits per heavy atom. The molecule has 10 aromatic rings. The molecule has 516 valence electrons. The zero-order valence-electron chi connectivity index (χ0n) is 53.3. The van der Waals surface area contributed by atoms with Gasteiger partial charge in [-0.15, -0.1) is 0 Å². The molecule has 5 aliphatic heterocycles. The average Bonchev–Trinajstić information content (AvgIpc) is 1.69. The highest BCUT2D eigenvalue weighted by molar-refractivity contribution is 6.31. The lowest BCUT2D eigenvalue weighted by atomic mass is 10.0. The van der Waals surface area contributed by atoms with Gasteiger partial charge in [0.15, 0.2) is 34.9 Å². The Labute approximate surface area is 563 Å². The van der Waals surface area contributed by atoms with E-state index in [2.05, 4.69) is 37.4 Å². The highest BCUT2D eigenvalue weighted by Crippen LogP contribution is 2.50. The van der Waals surface area contributed by atoms with E-state index in [4.69, 9.17) is 5.11 Å². The van der Waals surface area contributed by atoms with Crippen LogP contribution in [0.3, 0.4) is 0 Å². The Morgan fingerprint density at radius 1 is 0.446 bits per heavy atom. The van der Waals surface area contributed by atoms with Crippen LogP contribution in [0.2, 0.25) is 0 Å². The Balaban J connectivity index is 0.000000127. The summed E-state index contributed by atoms with van der Waals surface area (Å²) in [6.07, 6.45) is 4.35. The van der Waals surface area contributed by atoms with Gasteiger partial charge in [0.25, 0.3) is 52.3 Å². The standard InChI is InChI=1S/C17H19NO.C15H13N3O5.C14H13NO2.C12H3F6NO.C11H4N4O7/c1-12(2)6-5-11-18-15-10-4-8-13-7-3-9-14(16(13)15)17(18)19;1-2-3-7-16-14-12(18(22)23)8-11(17(20)21)9-5-4-6-10(13(9)14)15(16)19;16-9-3-8-15-12-7-2-5-10-4-1-6-11(13(10)12)14(15)17;1-19-11-2-3(6(14)9(17)10(11)18)5(13)8(16)7(15)4(2)12(19)20;16-11-4-1-2-5(13(17)18)9-6(14(19)20)3-7(15(21)22)10(12-11)8(4)9/h3-4,7-10,12H,5-6,11H2,1-2H3;4-6,8H,2-3,7H2,1H3;1-2,4-7,16H,3,8-9H2;1H3;1-3H,(H,12,16). The van der Waals surface area contributed by atoms with Gasteiger partial charge in [0.1, 0.15) is 16.8 Å². The molecule has 10 aromatic carbocycles. The number of amides is 5. The first-order chi connectivity index (χ1) is 48.1. The molecule has 0 fully saturated rings. The molecule has 101 heavy (non-hydrogen) atoms. The maximum atomic E-state index is 13.7. The molecule has 0 atom stereocenters. The van der Waals surface area contributed by atoms with Crippen LogP contribution in [-0.2, 0) is 0 Å². The summed E-state index contributed by atoms with van der Waals surface area (Å²) in [5.41, 5.74) is -0.902. The Morgan fingerprint density at radius 2 is 0.921 bits per heavy atom. The van der Waals surface area contributed by atoms with E-state index >= 15 is 0 Å². The maximum Gasteiger partial charge on any atom is 0.300 e. The molecule has 0 radical (unpaired) electrons. The number of hydrogen-bond donors (Lipinski definition) is 2. The number of carbonyl (C=O) groups excluding carboxylic acids is 5. The van der Waals surface area contributed by atoms with Gasteiger partial charge in [-0.25, -0.2) is 26.3 Å². The third kappa shape index (κ3) is 11.8. The molecule has 15 rings (SSSR count). The van der Waals surface area contributed by atoms with Gasteiger partial charge in [0.05, 0.1) is 81.3 Å². The molecular weight excluding hydrogens is 1340 g/mol. The largest absolute Gasteiger partial charge is 0.396 e. The summed E-state index contributed by atoms with van der Waals surface area (Å²) in [7, 11) is 0.951. The number of benzene rings is 10. The minimum Gasteiger partial charge on any atom is -0.396 e. The SMILES string of the molecule is CC(C)CCCN1C(=O)c2cccc3cccc1c23.CCCCN1C(=O)c2cccc3c([N+](=O)[O-])cc([N+](=O)[O-])c1c23.CN1C(=O)c2c(F)c(F)c(F)c3c(F)c(F)c(F)c1c23.O=C1Nc2c([N+](=O)[O-])cc([N+](=O)[O-])c3c([N+](=O)[O-])ccc1c23.O=C1c2cccc3cccc(c23)N1CCCO. The molecule has 0 bridgehead atoms. The van der Waals surface area contributed by atoms with Crippen LogP contribution in [0.15, 0.2) is 115 Å². The lowest BCUT2D eigenvalue weighted by Gasteiger charge is -2.18. The van der Waals surface area contributed by atoms with Crippen LogP contribution in [0.25, 0.3) is 53.9 Å². The van der Waals surface area contributed by atoms with Crippen LogP contribution in [0.5, 0.6) is 0 Å². The number of carbonyl (C=O) groups is 5. The van der Waals surface area contributed by atoms with E-state index < -0.39 is 121 Å². The van der Waals surface area contributed by atoms with Gasteiger partial charge in [-0.05, 0) is 84.8 Å². The molecule has 0 saturated heterocycles. The van der Waals surface area contributed by atoms with Crippen molar-refractivity contribution in [1.29, 1.82) is 0 Å². The Hall–Kier alpha value is -12.6. The summed E-state index contributed by atoms with van der Waals surface area (Å²) < 4.78 is 81.2. The van der Waals surface area contributed by atoms with Crippen molar-refractivity contribution in [1.82, 2.24) is 0 Å². The number of anilines is 5. The van der Waals surface area contributed by atoms with Crippen LogP contribution < -0.4 is 24.9 Å². The van der Waals surface area contributed by atoms with Crippen LogP contribution in [0.4, 0.5) is 83.2 Å². The summed E-state index contributed by atoms with van der Waals surface area (Å²) >= 11 is 0. The van der Waals surface area contributed by atoms with Gasteiger partial charge >= 0.3 is 5.69 Å². The third-order valence-electron chi connectivity index (χ3n) is 17.5. The van der Waals surface area contributed by atoms with Crippen LogP contribution in [0, 0.1) is 91.4 Å². The van der Waals surface area contributed by atoms with Crippen molar-refractivity contribution in [3.8, 4) is 0 Å². The van der Waals surface area contributed by atoms with Gasteiger partial charge in [0, 0.05) is 77.4 Å². The fourth-order valence-electron chi connectivity index (χ4n) is 13.0. The summed E-state index contributed by atoms with van der Waals surface area (Å²) in [5, 5.41) is 69.3. The van der Waals surface area contributed by atoms with E-state index in [1.165, 1.54) is 11.0 Å². The molecule has 0 aliphatic carbocycles. The van der Waals surface area contributed by atoms with Gasteiger partial charge in [-0.1, -0.05) is 81.8 Å². The molecule has 0 unspecified atom stereocenters. The van der Waals surface area contributed by atoms with Gasteiger partial charge < -0.3 is 30.0 Å². The summed E-state index contributed by atoms with van der Waals surface area (Å²) in [5.74, 6) is -13.2. The topological polar surface area (TPSA) is 346 Å². The van der Waals surface area contributed by atoms with Crippen molar-refractivity contribution in [3.63, 3.8) is 0 Å². The van der Waals surface area contributed by atoms with Crippen LogP contribution in [-0.4, -0.2) is 92.5 Å². The number of unbranched alkanes of at least 4 members (excludes halogenated alkanes) is 1. The predicted molar refractivity (Wildman–Crippen MR) is 359 cm³/mol.